The average Bonchev–Trinajstić information content (AvgIpc) is 2.37. The van der Waals surface area contributed by atoms with E-state index in [0.29, 0.717) is 0 Å². The van der Waals surface area contributed by atoms with Gasteiger partial charge in [-0.1, -0.05) is 38.4 Å². The molecule has 1 N–H and O–H groups in total. The van der Waals surface area contributed by atoms with Gasteiger partial charge in [-0.15, -0.1) is 0 Å². The predicted molar refractivity (Wildman–Crippen MR) is 79.7 cm³/mol. The van der Waals surface area contributed by atoms with Gasteiger partial charge in [0.2, 0.25) is 5.91 Å². The van der Waals surface area contributed by atoms with Gasteiger partial charge in [-0.05, 0) is 24.5 Å². The number of carbonyl (C=O) groups is 2. The molecule has 1 aliphatic rings. The second-order valence-corrected chi connectivity index (χ2v) is 6.67. The highest BCUT2D eigenvalue weighted by atomic mass is 35.5. The normalized spacial score (nSPS) is 23.2. The van der Waals surface area contributed by atoms with Crippen molar-refractivity contribution in [3.05, 3.63) is 29.0 Å². The average molecular weight is 313 g/mol. The molecule has 1 aliphatic heterocycles. The number of benzene rings is 1. The molecule has 114 valence electrons. The predicted octanol–water partition coefficient (Wildman–Crippen LogP) is 2.75. The second kappa shape index (κ2) is 5.30. The van der Waals surface area contributed by atoms with E-state index in [1.54, 1.807) is 13.0 Å². The summed E-state index contributed by atoms with van der Waals surface area (Å²) in [5.74, 6) is -1.34. The topological polar surface area (TPSA) is 49.4 Å². The molecule has 1 heterocycles. The second-order valence-electron chi connectivity index (χ2n) is 6.26. The van der Waals surface area contributed by atoms with E-state index < -0.39 is 23.3 Å². The lowest BCUT2D eigenvalue weighted by Crippen LogP contribution is -2.66. The molecule has 2 atom stereocenters. The van der Waals surface area contributed by atoms with Gasteiger partial charge < -0.3 is 5.32 Å². The van der Waals surface area contributed by atoms with Crippen LogP contribution < -0.4 is 10.2 Å². The molecule has 2 rings (SSSR count). The van der Waals surface area contributed by atoms with Crippen molar-refractivity contribution in [2.45, 2.75) is 39.8 Å². The van der Waals surface area contributed by atoms with Crippen molar-refractivity contribution in [2.75, 3.05) is 4.90 Å². The molecular formula is C15H18ClFN2O2. The van der Waals surface area contributed by atoms with Gasteiger partial charge in [0.25, 0.3) is 5.91 Å². The fourth-order valence-corrected chi connectivity index (χ4v) is 2.53. The Morgan fingerprint density at radius 2 is 1.90 bits per heavy atom. The minimum atomic E-state index is -0.788. The third-order valence-corrected chi connectivity index (χ3v) is 3.89. The van der Waals surface area contributed by atoms with Crippen molar-refractivity contribution in [1.82, 2.24) is 5.32 Å². The molecule has 0 bridgehead atoms. The zero-order valence-corrected chi connectivity index (χ0v) is 13.2. The number of rotatable bonds is 1. The summed E-state index contributed by atoms with van der Waals surface area (Å²) in [6, 6.07) is 2.91. The number of anilines is 1. The number of carbonyl (C=O) groups excluding carboxylic acids is 2. The standard InChI is InChI=1S/C15H18ClFN2O2/c1-8-13(20)18-12(15(2,3)4)14(21)19(8)10-7-5-6-9(16)11(10)17/h5-8,12H,1-4H3,(H,18,20). The zero-order chi connectivity index (χ0) is 15.9. The highest BCUT2D eigenvalue weighted by Gasteiger charge is 2.44. The summed E-state index contributed by atoms with van der Waals surface area (Å²) >= 11 is 5.78. The van der Waals surface area contributed by atoms with E-state index in [1.807, 2.05) is 20.8 Å². The highest BCUT2D eigenvalue weighted by molar-refractivity contribution is 6.31. The van der Waals surface area contributed by atoms with Crippen molar-refractivity contribution >= 4 is 29.1 Å². The molecule has 21 heavy (non-hydrogen) atoms. The Bertz CT molecular complexity index is 598. The molecule has 0 radical (unpaired) electrons. The van der Waals surface area contributed by atoms with Gasteiger partial charge in [-0.2, -0.15) is 0 Å². The van der Waals surface area contributed by atoms with E-state index in [0.717, 1.165) is 0 Å². The quantitative estimate of drug-likeness (QED) is 0.867. The van der Waals surface area contributed by atoms with Crippen LogP contribution in [0, 0.1) is 11.2 Å². The van der Waals surface area contributed by atoms with Crippen LogP contribution in [0.2, 0.25) is 5.02 Å². The van der Waals surface area contributed by atoms with E-state index >= 15 is 0 Å². The summed E-state index contributed by atoms with van der Waals surface area (Å²) in [6.07, 6.45) is 0. The van der Waals surface area contributed by atoms with Gasteiger partial charge in [0.15, 0.2) is 5.82 Å². The Labute approximate surface area is 128 Å². The summed E-state index contributed by atoms with van der Waals surface area (Å²) in [4.78, 5) is 26.0. The van der Waals surface area contributed by atoms with Crippen molar-refractivity contribution in [3.8, 4) is 0 Å². The smallest absolute Gasteiger partial charge is 0.250 e. The number of nitrogens with zero attached hydrogens (tertiary/aromatic N) is 1. The maximum absolute atomic E-state index is 14.2. The molecule has 0 saturated carbocycles. The lowest BCUT2D eigenvalue weighted by atomic mass is 9.84. The van der Waals surface area contributed by atoms with Crippen LogP contribution in [0.4, 0.5) is 10.1 Å². The summed E-state index contributed by atoms with van der Waals surface area (Å²) in [7, 11) is 0. The fourth-order valence-electron chi connectivity index (χ4n) is 2.36. The summed E-state index contributed by atoms with van der Waals surface area (Å²) < 4.78 is 14.2. The Balaban J connectivity index is 2.51. The minimum absolute atomic E-state index is 0.0316. The summed E-state index contributed by atoms with van der Waals surface area (Å²) in [5, 5.41) is 2.63. The van der Waals surface area contributed by atoms with Crippen LogP contribution in [0.5, 0.6) is 0 Å². The number of amides is 2. The Morgan fingerprint density at radius 1 is 1.29 bits per heavy atom. The number of halogens is 2. The number of piperazine rings is 1. The number of nitrogens with one attached hydrogen (secondary N) is 1. The van der Waals surface area contributed by atoms with Crippen LogP contribution in [0.25, 0.3) is 0 Å². The molecule has 2 amide bonds. The van der Waals surface area contributed by atoms with Crippen molar-refractivity contribution in [2.24, 2.45) is 5.41 Å². The van der Waals surface area contributed by atoms with Crippen LogP contribution in [-0.4, -0.2) is 23.9 Å². The molecular weight excluding hydrogens is 295 g/mol. The van der Waals surface area contributed by atoms with E-state index in [2.05, 4.69) is 5.32 Å². The van der Waals surface area contributed by atoms with E-state index in [4.69, 9.17) is 11.6 Å². The first kappa shape index (κ1) is 15.8. The van der Waals surface area contributed by atoms with Gasteiger partial charge in [0, 0.05) is 0 Å². The van der Waals surface area contributed by atoms with E-state index in [-0.39, 0.29) is 22.5 Å². The summed E-state index contributed by atoms with van der Waals surface area (Å²) in [6.45, 7) is 7.10. The summed E-state index contributed by atoms with van der Waals surface area (Å²) in [5.41, 5.74) is -0.440. The van der Waals surface area contributed by atoms with Gasteiger partial charge >= 0.3 is 0 Å². The first-order valence-electron chi connectivity index (χ1n) is 6.72. The highest BCUT2D eigenvalue weighted by Crippen LogP contribution is 2.32. The Hall–Kier alpha value is -1.62. The van der Waals surface area contributed by atoms with Gasteiger partial charge in [-0.3, -0.25) is 14.5 Å². The molecule has 1 aromatic rings. The van der Waals surface area contributed by atoms with Crippen molar-refractivity contribution in [1.29, 1.82) is 0 Å². The lowest BCUT2D eigenvalue weighted by Gasteiger charge is -2.42. The monoisotopic (exact) mass is 312 g/mol. The largest absolute Gasteiger partial charge is 0.342 e. The molecule has 1 aromatic carbocycles. The molecule has 0 spiro atoms. The third-order valence-electron chi connectivity index (χ3n) is 3.59. The van der Waals surface area contributed by atoms with E-state index in [9.17, 15) is 14.0 Å². The zero-order valence-electron chi connectivity index (χ0n) is 12.4. The molecule has 6 heteroatoms. The Morgan fingerprint density at radius 3 is 2.48 bits per heavy atom. The van der Waals surface area contributed by atoms with Gasteiger partial charge in [0.1, 0.15) is 12.1 Å². The van der Waals surface area contributed by atoms with Crippen LogP contribution in [0.1, 0.15) is 27.7 Å². The molecule has 1 fully saturated rings. The van der Waals surface area contributed by atoms with E-state index in [1.165, 1.54) is 17.0 Å². The van der Waals surface area contributed by atoms with Gasteiger partial charge in [0.05, 0.1) is 10.7 Å². The maximum Gasteiger partial charge on any atom is 0.250 e. The fraction of sp³-hybridized carbons (Fsp3) is 0.467. The van der Waals surface area contributed by atoms with Crippen LogP contribution in [0.15, 0.2) is 18.2 Å². The molecule has 1 saturated heterocycles. The molecule has 0 aromatic heterocycles. The number of hydrogen-bond donors (Lipinski definition) is 1. The third kappa shape index (κ3) is 2.75. The SMILES string of the molecule is CC1C(=O)NC(C(C)(C)C)C(=O)N1c1cccc(Cl)c1F. The first-order valence-corrected chi connectivity index (χ1v) is 7.10. The van der Waals surface area contributed by atoms with Crippen molar-refractivity contribution < 1.29 is 14.0 Å². The Kier molecular flexibility index (Phi) is 3.97. The first-order chi connectivity index (χ1) is 9.64. The van der Waals surface area contributed by atoms with Gasteiger partial charge in [-0.25, -0.2) is 4.39 Å². The van der Waals surface area contributed by atoms with Crippen LogP contribution in [0.3, 0.4) is 0 Å². The lowest BCUT2D eigenvalue weighted by molar-refractivity contribution is -0.136. The van der Waals surface area contributed by atoms with Crippen LogP contribution >= 0.6 is 11.6 Å². The maximum atomic E-state index is 14.2. The number of hydrogen-bond acceptors (Lipinski definition) is 2. The molecule has 4 nitrogen and oxygen atoms in total. The molecule has 0 aliphatic carbocycles. The minimum Gasteiger partial charge on any atom is -0.342 e. The van der Waals surface area contributed by atoms with Crippen molar-refractivity contribution in [3.63, 3.8) is 0 Å². The van der Waals surface area contributed by atoms with Crippen LogP contribution in [-0.2, 0) is 9.59 Å². The molecule has 2 unspecified atom stereocenters.